The third-order valence-electron chi connectivity index (χ3n) is 2.05. The predicted molar refractivity (Wildman–Crippen MR) is 51.7 cm³/mol. The van der Waals surface area contributed by atoms with Crippen molar-refractivity contribution >= 4 is 5.52 Å². The van der Waals surface area contributed by atoms with Crippen molar-refractivity contribution in [2.45, 2.75) is 26.2 Å². The van der Waals surface area contributed by atoms with E-state index in [0.29, 0.717) is 0 Å². The summed E-state index contributed by atoms with van der Waals surface area (Å²) >= 11 is 0. The van der Waals surface area contributed by atoms with Gasteiger partial charge in [0.15, 0.2) is 0 Å². The number of hydrogen-bond acceptors (Lipinski definition) is 2. The highest BCUT2D eigenvalue weighted by Crippen LogP contribution is 2.24. The molecule has 0 unspecified atom stereocenters. The molecule has 0 N–H and O–H groups in total. The molecule has 0 aliphatic heterocycles. The molecule has 2 rings (SSSR count). The maximum atomic E-state index is 4.39. The minimum atomic E-state index is 0.0934. The van der Waals surface area contributed by atoms with Gasteiger partial charge >= 0.3 is 0 Å². The molecule has 2 aromatic heterocycles. The molecule has 3 heteroatoms. The van der Waals surface area contributed by atoms with Crippen molar-refractivity contribution in [3.05, 3.63) is 30.6 Å². The van der Waals surface area contributed by atoms with Crippen molar-refractivity contribution in [1.29, 1.82) is 0 Å². The van der Waals surface area contributed by atoms with E-state index >= 15 is 0 Å². The van der Waals surface area contributed by atoms with Gasteiger partial charge in [0, 0.05) is 11.6 Å². The molecule has 0 amide bonds. The number of rotatable bonds is 0. The number of hydrogen-bond donors (Lipinski definition) is 0. The molecule has 0 aromatic carbocycles. The van der Waals surface area contributed by atoms with Gasteiger partial charge in [0.1, 0.15) is 12.7 Å². The second kappa shape index (κ2) is 2.55. The molecule has 0 saturated heterocycles. The van der Waals surface area contributed by atoms with Gasteiger partial charge in [-0.3, -0.25) is 4.40 Å². The van der Waals surface area contributed by atoms with Crippen LogP contribution >= 0.6 is 0 Å². The summed E-state index contributed by atoms with van der Waals surface area (Å²) in [5, 5.41) is 0. The molecule has 0 atom stereocenters. The van der Waals surface area contributed by atoms with Gasteiger partial charge in [-0.15, -0.1) is 0 Å². The van der Waals surface area contributed by atoms with Crippen LogP contribution in [0.3, 0.4) is 0 Å². The summed E-state index contributed by atoms with van der Waals surface area (Å²) in [4.78, 5) is 8.42. The lowest BCUT2D eigenvalue weighted by Gasteiger charge is -2.15. The van der Waals surface area contributed by atoms with Gasteiger partial charge in [-0.2, -0.15) is 0 Å². The highest BCUT2D eigenvalue weighted by molar-refractivity contribution is 5.53. The Morgan fingerprint density at radius 3 is 2.69 bits per heavy atom. The fraction of sp³-hybridized carbons (Fsp3) is 0.400. The fourth-order valence-corrected chi connectivity index (χ4v) is 1.43. The minimum absolute atomic E-state index is 0.0934. The number of aromatic nitrogens is 3. The van der Waals surface area contributed by atoms with E-state index in [1.807, 2.05) is 16.8 Å². The highest BCUT2D eigenvalue weighted by atomic mass is 15.0. The van der Waals surface area contributed by atoms with Crippen LogP contribution in [-0.4, -0.2) is 14.4 Å². The molecular formula is C10H13N3. The smallest absolute Gasteiger partial charge is 0.101 e. The summed E-state index contributed by atoms with van der Waals surface area (Å²) in [6.45, 7) is 6.49. The van der Waals surface area contributed by atoms with E-state index in [2.05, 4.69) is 30.7 Å². The molecule has 0 aliphatic rings. The Labute approximate surface area is 77.4 Å². The van der Waals surface area contributed by atoms with Crippen molar-refractivity contribution in [1.82, 2.24) is 14.4 Å². The van der Waals surface area contributed by atoms with Crippen LogP contribution in [0.15, 0.2) is 24.9 Å². The summed E-state index contributed by atoms with van der Waals surface area (Å²) in [5.74, 6) is 0. The van der Waals surface area contributed by atoms with Crippen LogP contribution in [0.4, 0.5) is 0 Å². The van der Waals surface area contributed by atoms with Gasteiger partial charge < -0.3 is 0 Å². The summed E-state index contributed by atoms with van der Waals surface area (Å²) < 4.78 is 1.95. The van der Waals surface area contributed by atoms with Crippen LogP contribution in [0.2, 0.25) is 0 Å². The van der Waals surface area contributed by atoms with Crippen LogP contribution < -0.4 is 0 Å². The lowest BCUT2D eigenvalue weighted by molar-refractivity contribution is 0.578. The van der Waals surface area contributed by atoms with E-state index in [1.54, 1.807) is 12.5 Å². The van der Waals surface area contributed by atoms with Crippen molar-refractivity contribution in [2.75, 3.05) is 0 Å². The summed E-state index contributed by atoms with van der Waals surface area (Å²) in [6, 6.07) is 1.99. The SMILES string of the molecule is CC(C)(C)c1ncn2cnccc12. The second-order valence-corrected chi connectivity index (χ2v) is 4.22. The zero-order chi connectivity index (χ0) is 9.47. The molecule has 0 spiro atoms. The molecule has 2 heterocycles. The molecule has 3 nitrogen and oxygen atoms in total. The van der Waals surface area contributed by atoms with E-state index in [0.717, 1.165) is 11.2 Å². The topological polar surface area (TPSA) is 30.2 Å². The van der Waals surface area contributed by atoms with Crippen LogP contribution in [0.1, 0.15) is 26.5 Å². The zero-order valence-electron chi connectivity index (χ0n) is 8.15. The summed E-state index contributed by atoms with van der Waals surface area (Å²) in [5.41, 5.74) is 2.35. The van der Waals surface area contributed by atoms with E-state index in [9.17, 15) is 0 Å². The summed E-state index contributed by atoms with van der Waals surface area (Å²) in [6.07, 6.45) is 5.38. The monoisotopic (exact) mass is 175 g/mol. The van der Waals surface area contributed by atoms with Gasteiger partial charge in [0.25, 0.3) is 0 Å². The van der Waals surface area contributed by atoms with Gasteiger partial charge in [-0.25, -0.2) is 9.97 Å². The fourth-order valence-electron chi connectivity index (χ4n) is 1.43. The standard InChI is InChI=1S/C10H13N3/c1-10(2,3)9-8-4-5-11-6-13(8)7-12-9/h4-7H,1-3H3. The zero-order valence-corrected chi connectivity index (χ0v) is 8.15. The number of imidazole rings is 1. The average molecular weight is 175 g/mol. The number of fused-ring (bicyclic) bond motifs is 1. The van der Waals surface area contributed by atoms with Gasteiger partial charge in [0.05, 0.1) is 11.2 Å². The lowest BCUT2D eigenvalue weighted by Crippen LogP contribution is -2.12. The van der Waals surface area contributed by atoms with Crippen LogP contribution in [-0.2, 0) is 5.41 Å². The minimum Gasteiger partial charge on any atom is -0.289 e. The first-order valence-electron chi connectivity index (χ1n) is 4.36. The first-order chi connectivity index (χ1) is 6.09. The van der Waals surface area contributed by atoms with Crippen LogP contribution in [0, 0.1) is 0 Å². The van der Waals surface area contributed by atoms with Gasteiger partial charge in [-0.05, 0) is 6.07 Å². The maximum Gasteiger partial charge on any atom is 0.101 e. The van der Waals surface area contributed by atoms with E-state index in [4.69, 9.17) is 0 Å². The Morgan fingerprint density at radius 1 is 1.23 bits per heavy atom. The Bertz CT molecular complexity index is 423. The molecule has 68 valence electrons. The molecule has 0 radical (unpaired) electrons. The average Bonchev–Trinajstić information content (AvgIpc) is 2.45. The van der Waals surface area contributed by atoms with E-state index < -0.39 is 0 Å². The normalized spacial score (nSPS) is 12.2. The number of nitrogens with zero attached hydrogens (tertiary/aromatic N) is 3. The largest absolute Gasteiger partial charge is 0.289 e. The second-order valence-electron chi connectivity index (χ2n) is 4.22. The van der Waals surface area contributed by atoms with Gasteiger partial charge in [0.2, 0.25) is 0 Å². The third kappa shape index (κ3) is 1.30. The molecule has 0 aliphatic carbocycles. The Kier molecular flexibility index (Phi) is 1.62. The van der Waals surface area contributed by atoms with Crippen LogP contribution in [0.25, 0.3) is 5.52 Å². The maximum absolute atomic E-state index is 4.39. The molecule has 13 heavy (non-hydrogen) atoms. The van der Waals surface area contributed by atoms with E-state index in [1.165, 1.54) is 0 Å². The Balaban J connectivity index is 2.72. The molecule has 0 saturated carbocycles. The summed E-state index contributed by atoms with van der Waals surface area (Å²) in [7, 11) is 0. The van der Waals surface area contributed by atoms with Gasteiger partial charge in [-0.1, -0.05) is 20.8 Å². The van der Waals surface area contributed by atoms with Crippen molar-refractivity contribution in [3.8, 4) is 0 Å². The highest BCUT2D eigenvalue weighted by Gasteiger charge is 2.19. The van der Waals surface area contributed by atoms with Crippen molar-refractivity contribution in [2.24, 2.45) is 0 Å². The Morgan fingerprint density at radius 2 is 2.00 bits per heavy atom. The predicted octanol–water partition coefficient (Wildman–Crippen LogP) is 2.03. The lowest BCUT2D eigenvalue weighted by atomic mass is 9.91. The molecule has 2 aromatic rings. The quantitative estimate of drug-likeness (QED) is 0.613. The first-order valence-corrected chi connectivity index (χ1v) is 4.36. The van der Waals surface area contributed by atoms with Crippen molar-refractivity contribution < 1.29 is 0 Å². The molecular weight excluding hydrogens is 162 g/mol. The van der Waals surface area contributed by atoms with Crippen LogP contribution in [0.5, 0.6) is 0 Å². The Hall–Kier alpha value is -1.38. The third-order valence-corrected chi connectivity index (χ3v) is 2.05. The van der Waals surface area contributed by atoms with Crippen molar-refractivity contribution in [3.63, 3.8) is 0 Å². The van der Waals surface area contributed by atoms with E-state index in [-0.39, 0.29) is 5.41 Å². The molecule has 0 bridgehead atoms. The molecule has 0 fully saturated rings. The first kappa shape index (κ1) is 8.23.